The first-order chi connectivity index (χ1) is 19.3. The molecule has 12 heteroatoms. The van der Waals surface area contributed by atoms with Gasteiger partial charge in [-0.3, -0.25) is 14.5 Å². The van der Waals surface area contributed by atoms with E-state index >= 15 is 0 Å². The number of thioether (sulfide) groups is 1. The molecule has 5 rings (SSSR count). The Morgan fingerprint density at radius 1 is 0.950 bits per heavy atom. The van der Waals surface area contributed by atoms with E-state index in [0.717, 1.165) is 29.0 Å². The number of rotatable bonds is 8. The van der Waals surface area contributed by atoms with Gasteiger partial charge in [0.05, 0.1) is 25.8 Å². The van der Waals surface area contributed by atoms with Gasteiger partial charge < -0.3 is 14.6 Å². The molecule has 40 heavy (non-hydrogen) atoms. The molecule has 1 unspecified atom stereocenters. The standard InChI is InChI=1S/C28H21F2N3O5S2/c1-37-20-12-7-17(13-21(20)38-2)23-22(24(34)16-5-10-19(30)11-6-16)25(35)26(36)33(23)27-31-32-28(40-27)39-14-15-3-8-18(29)9-4-15/h3-13,23,34H,14H2,1-2H3/b24-22-. The fraction of sp³-hybridized carbons (Fsp3) is 0.143. The average molecular weight is 582 g/mol. The number of aliphatic hydroxyl groups is 1. The van der Waals surface area contributed by atoms with Crippen molar-refractivity contribution in [3.05, 3.63) is 101 Å². The van der Waals surface area contributed by atoms with Crippen molar-refractivity contribution in [3.63, 3.8) is 0 Å². The molecule has 1 fully saturated rings. The van der Waals surface area contributed by atoms with Gasteiger partial charge in [0.25, 0.3) is 5.78 Å². The molecule has 1 aromatic heterocycles. The second-order valence-corrected chi connectivity index (χ2v) is 10.7. The molecule has 1 atom stereocenters. The number of benzene rings is 3. The number of methoxy groups -OCH3 is 2. The lowest BCUT2D eigenvalue weighted by Crippen LogP contribution is -2.29. The maximum absolute atomic E-state index is 13.6. The molecule has 204 valence electrons. The monoisotopic (exact) mass is 581 g/mol. The number of hydrogen-bond donors (Lipinski definition) is 1. The van der Waals surface area contributed by atoms with Crippen LogP contribution in [0.25, 0.3) is 5.76 Å². The molecule has 3 aromatic carbocycles. The Morgan fingerprint density at radius 2 is 1.60 bits per heavy atom. The van der Waals surface area contributed by atoms with Crippen molar-refractivity contribution < 1.29 is 33.0 Å². The molecule has 2 heterocycles. The Morgan fingerprint density at radius 3 is 2.25 bits per heavy atom. The number of carbonyl (C=O) groups is 2. The molecule has 4 aromatic rings. The fourth-order valence-electron chi connectivity index (χ4n) is 4.22. The van der Waals surface area contributed by atoms with Gasteiger partial charge in [0.15, 0.2) is 15.8 Å². The van der Waals surface area contributed by atoms with Crippen LogP contribution >= 0.6 is 23.1 Å². The van der Waals surface area contributed by atoms with E-state index in [1.54, 1.807) is 30.3 Å². The van der Waals surface area contributed by atoms with E-state index < -0.39 is 29.3 Å². The minimum absolute atomic E-state index is 0.140. The van der Waals surface area contributed by atoms with Gasteiger partial charge in [-0.25, -0.2) is 8.78 Å². The zero-order chi connectivity index (χ0) is 28.4. The molecule has 1 saturated heterocycles. The van der Waals surface area contributed by atoms with Crippen LogP contribution in [-0.2, 0) is 15.3 Å². The number of amides is 1. The summed E-state index contributed by atoms with van der Waals surface area (Å²) in [7, 11) is 2.93. The number of ether oxygens (including phenoxy) is 2. The van der Waals surface area contributed by atoms with Crippen molar-refractivity contribution in [2.45, 2.75) is 16.1 Å². The van der Waals surface area contributed by atoms with Gasteiger partial charge in [0.2, 0.25) is 5.13 Å². The summed E-state index contributed by atoms with van der Waals surface area (Å²) in [6.45, 7) is 0. The number of Topliss-reactive ketones (excluding diaryl/α,β-unsaturated/α-hetero) is 1. The average Bonchev–Trinajstić information content (AvgIpc) is 3.54. The van der Waals surface area contributed by atoms with E-state index in [2.05, 4.69) is 10.2 Å². The van der Waals surface area contributed by atoms with Crippen LogP contribution in [0.5, 0.6) is 11.5 Å². The van der Waals surface area contributed by atoms with Gasteiger partial charge in [0.1, 0.15) is 17.4 Å². The zero-order valence-electron chi connectivity index (χ0n) is 21.1. The molecular formula is C28H21F2N3O5S2. The van der Waals surface area contributed by atoms with Crippen molar-refractivity contribution in [1.29, 1.82) is 0 Å². The zero-order valence-corrected chi connectivity index (χ0v) is 22.8. The van der Waals surface area contributed by atoms with Gasteiger partial charge in [-0.05, 0) is 59.7 Å². The molecule has 8 nitrogen and oxygen atoms in total. The highest BCUT2D eigenvalue weighted by Gasteiger charge is 2.48. The highest BCUT2D eigenvalue weighted by atomic mass is 32.2. The summed E-state index contributed by atoms with van der Waals surface area (Å²) in [4.78, 5) is 27.9. The van der Waals surface area contributed by atoms with E-state index in [4.69, 9.17) is 9.47 Å². The minimum Gasteiger partial charge on any atom is -0.507 e. The van der Waals surface area contributed by atoms with Crippen LogP contribution in [0.15, 0.2) is 76.6 Å². The molecule has 0 bridgehead atoms. The summed E-state index contributed by atoms with van der Waals surface area (Å²) in [6.07, 6.45) is 0. The lowest BCUT2D eigenvalue weighted by atomic mass is 9.95. The van der Waals surface area contributed by atoms with Crippen LogP contribution in [0.3, 0.4) is 0 Å². The Bertz CT molecular complexity index is 1610. The number of carbonyl (C=O) groups excluding carboxylic acids is 2. The fourth-order valence-corrected chi connectivity index (χ4v) is 6.04. The smallest absolute Gasteiger partial charge is 0.301 e. The molecule has 0 saturated carbocycles. The SMILES string of the molecule is COc1ccc(C2/C(=C(/O)c3ccc(F)cc3)C(=O)C(=O)N2c2nnc(SCc3ccc(F)cc3)s2)cc1OC. The van der Waals surface area contributed by atoms with Gasteiger partial charge in [-0.1, -0.05) is 41.3 Å². The highest BCUT2D eigenvalue weighted by Crippen LogP contribution is 2.45. The highest BCUT2D eigenvalue weighted by molar-refractivity contribution is 8.00. The number of anilines is 1. The first kappa shape index (κ1) is 27.3. The van der Waals surface area contributed by atoms with Crippen molar-refractivity contribution in [3.8, 4) is 11.5 Å². The third-order valence-corrected chi connectivity index (χ3v) is 8.29. The predicted molar refractivity (Wildman–Crippen MR) is 147 cm³/mol. The number of aliphatic hydroxyl groups excluding tert-OH is 1. The van der Waals surface area contributed by atoms with Crippen LogP contribution in [0.1, 0.15) is 22.7 Å². The summed E-state index contributed by atoms with van der Waals surface area (Å²) < 4.78 is 38.0. The molecule has 0 spiro atoms. The number of aromatic nitrogens is 2. The molecule has 0 radical (unpaired) electrons. The van der Waals surface area contributed by atoms with Crippen molar-refractivity contribution in [1.82, 2.24) is 10.2 Å². The third-order valence-electron chi connectivity index (χ3n) is 6.16. The predicted octanol–water partition coefficient (Wildman–Crippen LogP) is 5.75. The number of ketones is 1. The van der Waals surface area contributed by atoms with E-state index in [9.17, 15) is 23.5 Å². The number of nitrogens with zero attached hydrogens (tertiary/aromatic N) is 3. The molecular weight excluding hydrogens is 560 g/mol. The van der Waals surface area contributed by atoms with Gasteiger partial charge in [-0.2, -0.15) is 0 Å². The lowest BCUT2D eigenvalue weighted by Gasteiger charge is -2.23. The third kappa shape index (κ3) is 5.27. The Labute approximate surface area is 235 Å². The Kier molecular flexibility index (Phi) is 7.81. The molecule has 1 aliphatic heterocycles. The molecule has 1 N–H and O–H groups in total. The normalized spacial score (nSPS) is 16.4. The first-order valence-electron chi connectivity index (χ1n) is 11.8. The van der Waals surface area contributed by atoms with E-state index in [0.29, 0.717) is 27.2 Å². The first-order valence-corrected chi connectivity index (χ1v) is 13.6. The van der Waals surface area contributed by atoms with Crippen LogP contribution in [0, 0.1) is 11.6 Å². The van der Waals surface area contributed by atoms with E-state index in [1.807, 2.05) is 0 Å². The van der Waals surface area contributed by atoms with Crippen LogP contribution in [0.2, 0.25) is 0 Å². The number of hydrogen-bond acceptors (Lipinski definition) is 9. The summed E-state index contributed by atoms with van der Waals surface area (Å²) in [5, 5.41) is 19.7. The van der Waals surface area contributed by atoms with Crippen LogP contribution in [-0.4, -0.2) is 41.2 Å². The van der Waals surface area contributed by atoms with Crippen molar-refractivity contribution in [2.75, 3.05) is 19.1 Å². The topological polar surface area (TPSA) is 102 Å². The van der Waals surface area contributed by atoms with E-state index in [1.165, 1.54) is 55.1 Å². The summed E-state index contributed by atoms with van der Waals surface area (Å²) in [5.41, 5.74) is 1.28. The second-order valence-electron chi connectivity index (χ2n) is 8.56. The Balaban J connectivity index is 1.57. The largest absolute Gasteiger partial charge is 0.507 e. The molecule has 0 aliphatic carbocycles. The molecule has 1 amide bonds. The Hall–Kier alpha value is -4.29. The second kappa shape index (κ2) is 11.4. The summed E-state index contributed by atoms with van der Waals surface area (Å²) in [5.74, 6) is -1.90. The number of halogens is 2. The van der Waals surface area contributed by atoms with E-state index in [-0.39, 0.29) is 22.1 Å². The van der Waals surface area contributed by atoms with Gasteiger partial charge in [-0.15, -0.1) is 10.2 Å². The maximum Gasteiger partial charge on any atom is 0.301 e. The molecule has 1 aliphatic rings. The lowest BCUT2D eigenvalue weighted by molar-refractivity contribution is -0.132. The van der Waals surface area contributed by atoms with Gasteiger partial charge in [0, 0.05) is 11.3 Å². The van der Waals surface area contributed by atoms with Crippen molar-refractivity contribution in [2.24, 2.45) is 0 Å². The minimum atomic E-state index is -1.09. The summed E-state index contributed by atoms with van der Waals surface area (Å²) >= 11 is 2.44. The van der Waals surface area contributed by atoms with Crippen LogP contribution in [0.4, 0.5) is 13.9 Å². The van der Waals surface area contributed by atoms with Gasteiger partial charge >= 0.3 is 5.91 Å². The van der Waals surface area contributed by atoms with Crippen molar-refractivity contribution >= 4 is 45.7 Å². The quantitative estimate of drug-likeness (QED) is 0.0923. The maximum atomic E-state index is 13.6. The van der Waals surface area contributed by atoms with Crippen LogP contribution < -0.4 is 14.4 Å². The summed E-state index contributed by atoms with van der Waals surface area (Å²) in [6, 6.07) is 14.8.